The molecule has 1 fully saturated rings. The van der Waals surface area contributed by atoms with Crippen molar-refractivity contribution in [1.29, 1.82) is 0 Å². The molecule has 1 aromatic heterocycles. The van der Waals surface area contributed by atoms with Crippen molar-refractivity contribution in [3.63, 3.8) is 0 Å². The molecule has 6 heteroatoms. The van der Waals surface area contributed by atoms with Crippen molar-refractivity contribution in [2.75, 3.05) is 6.54 Å². The molecule has 0 aliphatic carbocycles. The Morgan fingerprint density at radius 1 is 1.43 bits per heavy atom. The van der Waals surface area contributed by atoms with Crippen LogP contribution in [0.4, 0.5) is 4.39 Å². The summed E-state index contributed by atoms with van der Waals surface area (Å²) >= 11 is 3.33. The Morgan fingerprint density at radius 2 is 2.24 bits per heavy atom. The number of hydrogen-bond acceptors (Lipinski definition) is 4. The van der Waals surface area contributed by atoms with E-state index < -0.39 is 0 Å². The van der Waals surface area contributed by atoms with Crippen LogP contribution >= 0.6 is 15.9 Å². The van der Waals surface area contributed by atoms with Gasteiger partial charge in [-0.25, -0.2) is 4.39 Å². The smallest absolute Gasteiger partial charge is 0.244 e. The summed E-state index contributed by atoms with van der Waals surface area (Å²) < 4.78 is 19.2. The zero-order chi connectivity index (χ0) is 15.0. The van der Waals surface area contributed by atoms with Crippen LogP contribution in [0, 0.1) is 11.2 Å². The number of aromatic nitrogens is 2. The molecule has 21 heavy (non-hydrogen) atoms. The molecule has 0 radical (unpaired) electrons. The fraction of sp³-hybridized carbons (Fsp3) is 0.467. The van der Waals surface area contributed by atoms with Gasteiger partial charge in [-0.3, -0.25) is 0 Å². The average molecular weight is 354 g/mol. The van der Waals surface area contributed by atoms with E-state index in [1.807, 2.05) is 0 Å². The monoisotopic (exact) mass is 353 g/mol. The minimum Gasteiger partial charge on any atom is -0.337 e. The summed E-state index contributed by atoms with van der Waals surface area (Å²) in [7, 11) is 0. The van der Waals surface area contributed by atoms with E-state index >= 15 is 0 Å². The van der Waals surface area contributed by atoms with Gasteiger partial charge in [-0.2, -0.15) is 4.98 Å². The summed E-state index contributed by atoms with van der Waals surface area (Å²) in [6, 6.07) is 4.48. The number of nitrogens with one attached hydrogen (secondary N) is 1. The van der Waals surface area contributed by atoms with Gasteiger partial charge in [-0.1, -0.05) is 19.0 Å². The number of rotatable bonds is 2. The summed E-state index contributed by atoms with van der Waals surface area (Å²) in [6.07, 6.45) is 2.26. The molecule has 112 valence electrons. The van der Waals surface area contributed by atoms with Gasteiger partial charge in [0.25, 0.3) is 0 Å². The number of halogens is 2. The predicted molar refractivity (Wildman–Crippen MR) is 81.2 cm³/mol. The Bertz CT molecular complexity index is 656. The lowest BCUT2D eigenvalue weighted by atomic mass is 9.77. The summed E-state index contributed by atoms with van der Waals surface area (Å²) in [5, 5.41) is 7.49. The fourth-order valence-electron chi connectivity index (χ4n) is 2.77. The van der Waals surface area contributed by atoms with E-state index in [2.05, 4.69) is 45.2 Å². The van der Waals surface area contributed by atoms with Gasteiger partial charge in [-0.05, 0) is 58.9 Å². The van der Waals surface area contributed by atoms with E-state index in [-0.39, 0.29) is 17.3 Å². The van der Waals surface area contributed by atoms with Crippen LogP contribution in [0.15, 0.2) is 27.2 Å². The normalized spacial score (nSPS) is 21.4. The van der Waals surface area contributed by atoms with E-state index in [0.29, 0.717) is 16.2 Å². The van der Waals surface area contributed by atoms with Crippen LogP contribution < -0.4 is 5.32 Å². The molecule has 1 atom stereocenters. The third kappa shape index (κ3) is 2.87. The summed E-state index contributed by atoms with van der Waals surface area (Å²) in [6.45, 7) is 5.34. The van der Waals surface area contributed by atoms with Crippen LogP contribution in [0.1, 0.15) is 38.6 Å². The Morgan fingerprint density at radius 3 is 2.95 bits per heavy atom. The van der Waals surface area contributed by atoms with Crippen LogP contribution in [-0.4, -0.2) is 16.7 Å². The van der Waals surface area contributed by atoms with Crippen molar-refractivity contribution in [3.8, 4) is 11.4 Å². The van der Waals surface area contributed by atoms with E-state index in [4.69, 9.17) is 4.52 Å². The zero-order valence-corrected chi connectivity index (χ0v) is 13.6. The van der Waals surface area contributed by atoms with E-state index in [9.17, 15) is 4.39 Å². The van der Waals surface area contributed by atoms with Crippen LogP contribution in [0.2, 0.25) is 0 Å². The molecule has 1 aromatic carbocycles. The molecule has 0 spiro atoms. The van der Waals surface area contributed by atoms with E-state index in [0.717, 1.165) is 24.9 Å². The number of nitrogens with zero attached hydrogens (tertiary/aromatic N) is 2. The SMILES string of the molecule is CC1(C)CCCNC1c1nc(-c2ccc(F)cc2Br)no1. The summed E-state index contributed by atoms with van der Waals surface area (Å²) in [4.78, 5) is 4.50. The Labute approximate surface area is 131 Å². The Kier molecular flexibility index (Phi) is 3.84. The highest BCUT2D eigenvalue weighted by molar-refractivity contribution is 9.10. The Balaban J connectivity index is 1.93. The predicted octanol–water partition coefficient (Wildman–Crippen LogP) is 4.09. The minimum atomic E-state index is -0.301. The quantitative estimate of drug-likeness (QED) is 0.883. The maximum absolute atomic E-state index is 13.2. The van der Waals surface area contributed by atoms with Gasteiger partial charge in [0.05, 0.1) is 6.04 Å². The molecule has 0 amide bonds. The molecule has 1 N–H and O–H groups in total. The van der Waals surface area contributed by atoms with Crippen LogP contribution in [0.5, 0.6) is 0 Å². The first kappa shape index (κ1) is 14.7. The molecule has 2 aromatic rings. The molecule has 1 unspecified atom stereocenters. The Hall–Kier alpha value is -1.27. The molecular weight excluding hydrogens is 337 g/mol. The molecule has 0 saturated carbocycles. The van der Waals surface area contributed by atoms with Crippen molar-refractivity contribution in [2.45, 2.75) is 32.7 Å². The summed E-state index contributed by atoms with van der Waals surface area (Å²) in [5.41, 5.74) is 0.794. The third-order valence-electron chi connectivity index (χ3n) is 3.99. The summed E-state index contributed by atoms with van der Waals surface area (Å²) in [5.74, 6) is 0.760. The van der Waals surface area contributed by atoms with Gasteiger partial charge in [0, 0.05) is 10.0 Å². The molecule has 1 aliphatic rings. The number of hydrogen-bond donors (Lipinski definition) is 1. The molecule has 1 aliphatic heterocycles. The van der Waals surface area contributed by atoms with Crippen molar-refractivity contribution >= 4 is 15.9 Å². The van der Waals surface area contributed by atoms with Crippen LogP contribution in [0.3, 0.4) is 0 Å². The fourth-order valence-corrected chi connectivity index (χ4v) is 3.29. The highest BCUT2D eigenvalue weighted by atomic mass is 79.9. The lowest BCUT2D eigenvalue weighted by molar-refractivity contribution is 0.146. The first-order valence-corrected chi connectivity index (χ1v) is 7.79. The van der Waals surface area contributed by atoms with E-state index in [1.54, 1.807) is 6.07 Å². The largest absolute Gasteiger partial charge is 0.337 e. The van der Waals surface area contributed by atoms with Gasteiger partial charge >= 0.3 is 0 Å². The van der Waals surface area contributed by atoms with Crippen LogP contribution in [0.25, 0.3) is 11.4 Å². The second kappa shape index (κ2) is 5.50. The second-order valence-electron chi connectivity index (χ2n) is 6.06. The van der Waals surface area contributed by atoms with E-state index in [1.165, 1.54) is 12.1 Å². The second-order valence-corrected chi connectivity index (χ2v) is 6.91. The lowest BCUT2D eigenvalue weighted by Gasteiger charge is -2.36. The highest BCUT2D eigenvalue weighted by Gasteiger charge is 2.37. The lowest BCUT2D eigenvalue weighted by Crippen LogP contribution is -2.39. The van der Waals surface area contributed by atoms with Gasteiger partial charge in [0.2, 0.25) is 11.7 Å². The number of benzene rings is 1. The van der Waals surface area contributed by atoms with Gasteiger partial charge in [0.1, 0.15) is 5.82 Å². The molecule has 2 heterocycles. The van der Waals surface area contributed by atoms with Gasteiger partial charge in [-0.15, -0.1) is 0 Å². The third-order valence-corrected chi connectivity index (χ3v) is 4.64. The minimum absolute atomic E-state index is 0.0479. The first-order chi connectivity index (χ1) is 9.97. The average Bonchev–Trinajstić information content (AvgIpc) is 2.87. The van der Waals surface area contributed by atoms with Crippen molar-refractivity contribution < 1.29 is 8.91 Å². The molecule has 3 rings (SSSR count). The first-order valence-electron chi connectivity index (χ1n) is 7.00. The van der Waals surface area contributed by atoms with Crippen molar-refractivity contribution in [3.05, 3.63) is 34.4 Å². The van der Waals surface area contributed by atoms with Crippen molar-refractivity contribution in [2.24, 2.45) is 5.41 Å². The zero-order valence-electron chi connectivity index (χ0n) is 12.0. The maximum atomic E-state index is 13.2. The molecule has 1 saturated heterocycles. The number of piperidine rings is 1. The molecular formula is C15H17BrFN3O. The molecule has 0 bridgehead atoms. The molecule has 4 nitrogen and oxygen atoms in total. The van der Waals surface area contributed by atoms with Gasteiger partial charge in [0.15, 0.2) is 0 Å². The maximum Gasteiger partial charge on any atom is 0.244 e. The van der Waals surface area contributed by atoms with Gasteiger partial charge < -0.3 is 9.84 Å². The standard InChI is InChI=1S/C15H17BrFN3O/c1-15(2)6-3-7-18-12(15)14-19-13(20-21-14)10-5-4-9(17)8-11(10)16/h4-5,8,12,18H,3,6-7H2,1-2H3. The van der Waals surface area contributed by atoms with Crippen LogP contribution in [-0.2, 0) is 0 Å². The topological polar surface area (TPSA) is 51.0 Å². The van der Waals surface area contributed by atoms with Crippen molar-refractivity contribution in [1.82, 2.24) is 15.5 Å². The highest BCUT2D eigenvalue weighted by Crippen LogP contribution is 2.40.